The van der Waals surface area contributed by atoms with Crippen LogP contribution in [0.1, 0.15) is 23.9 Å². The Morgan fingerprint density at radius 2 is 1.70 bits per heavy atom. The first-order valence-corrected chi connectivity index (χ1v) is 9.21. The number of benzene rings is 1. The largest absolute Gasteiger partial charge is 0.493 e. The van der Waals surface area contributed by atoms with Crippen molar-refractivity contribution in [1.29, 1.82) is 0 Å². The zero-order chi connectivity index (χ0) is 22.4. The number of nitrogens with zero attached hydrogens (tertiary/aromatic N) is 2. The van der Waals surface area contributed by atoms with E-state index in [1.165, 1.54) is 40.4 Å². The maximum Gasteiger partial charge on any atom is 0.331 e. The maximum absolute atomic E-state index is 12.4. The lowest BCUT2D eigenvalue weighted by Gasteiger charge is -2.13. The number of aryl methyl sites for hydroxylation is 2. The molecule has 1 atom stereocenters. The summed E-state index contributed by atoms with van der Waals surface area (Å²) in [6, 6.07) is 3.38. The third kappa shape index (κ3) is 5.11. The molecule has 1 N–H and O–H groups in total. The minimum absolute atomic E-state index is 0.441. The molecule has 162 valence electrons. The second-order valence-corrected chi connectivity index (χ2v) is 6.53. The molecule has 1 amide bonds. The lowest BCUT2D eigenvalue weighted by atomic mass is 10.1. The number of hydrogen-bond acceptors (Lipinski definition) is 7. The van der Waals surface area contributed by atoms with E-state index in [4.69, 9.17) is 18.9 Å². The lowest BCUT2D eigenvalue weighted by Crippen LogP contribution is -2.29. The molecule has 0 aliphatic heterocycles. The molecule has 9 nitrogen and oxygen atoms in total. The van der Waals surface area contributed by atoms with Crippen molar-refractivity contribution in [3.8, 4) is 17.2 Å². The van der Waals surface area contributed by atoms with Gasteiger partial charge in [0, 0.05) is 13.1 Å². The summed E-state index contributed by atoms with van der Waals surface area (Å²) in [5.41, 5.74) is 2.74. The zero-order valence-corrected chi connectivity index (χ0v) is 18.2. The van der Waals surface area contributed by atoms with E-state index in [1.807, 2.05) is 6.92 Å². The van der Waals surface area contributed by atoms with Crippen LogP contribution in [-0.2, 0) is 21.4 Å². The molecule has 0 unspecified atom stereocenters. The Labute approximate surface area is 175 Å². The summed E-state index contributed by atoms with van der Waals surface area (Å²) in [4.78, 5) is 24.5. The Kier molecular flexibility index (Phi) is 7.46. The van der Waals surface area contributed by atoms with E-state index in [-0.39, 0.29) is 0 Å². The number of carbonyl (C=O) groups excluding carboxylic acids is 2. The molecule has 2 aromatic rings. The molecule has 0 saturated heterocycles. The van der Waals surface area contributed by atoms with Crippen molar-refractivity contribution in [1.82, 2.24) is 9.78 Å². The van der Waals surface area contributed by atoms with Crippen LogP contribution in [0.4, 0.5) is 5.69 Å². The molecule has 30 heavy (non-hydrogen) atoms. The van der Waals surface area contributed by atoms with E-state index in [0.717, 1.165) is 5.69 Å². The second kappa shape index (κ2) is 9.82. The number of anilines is 1. The summed E-state index contributed by atoms with van der Waals surface area (Å²) in [6.07, 6.45) is 1.78. The van der Waals surface area contributed by atoms with E-state index in [1.54, 1.807) is 30.8 Å². The highest BCUT2D eigenvalue weighted by Crippen LogP contribution is 2.38. The normalized spacial score (nSPS) is 11.8. The first-order valence-electron chi connectivity index (χ1n) is 9.21. The topological polar surface area (TPSA) is 101 Å². The molecule has 0 aliphatic carbocycles. The fraction of sp³-hybridized carbons (Fsp3) is 0.381. The van der Waals surface area contributed by atoms with Gasteiger partial charge in [-0.1, -0.05) is 0 Å². The van der Waals surface area contributed by atoms with Gasteiger partial charge in [-0.05, 0) is 44.5 Å². The monoisotopic (exact) mass is 417 g/mol. The second-order valence-electron chi connectivity index (χ2n) is 6.53. The molecule has 1 aromatic heterocycles. The van der Waals surface area contributed by atoms with E-state index < -0.39 is 18.0 Å². The number of nitrogens with one attached hydrogen (secondary N) is 1. The number of rotatable bonds is 8. The van der Waals surface area contributed by atoms with Crippen LogP contribution >= 0.6 is 0 Å². The summed E-state index contributed by atoms with van der Waals surface area (Å²) in [6.45, 7) is 5.13. The highest BCUT2D eigenvalue weighted by atomic mass is 16.5. The van der Waals surface area contributed by atoms with Crippen LogP contribution in [0.5, 0.6) is 17.2 Å². The Morgan fingerprint density at radius 1 is 1.10 bits per heavy atom. The molecule has 0 spiro atoms. The predicted molar refractivity (Wildman–Crippen MR) is 112 cm³/mol. The number of amides is 1. The van der Waals surface area contributed by atoms with Crippen molar-refractivity contribution in [3.63, 3.8) is 0 Å². The van der Waals surface area contributed by atoms with Gasteiger partial charge < -0.3 is 24.3 Å². The first kappa shape index (κ1) is 22.8. The molecule has 0 fully saturated rings. The standard InChI is InChI=1S/C21H27N3O6/c1-12-19(13(2)24(4)23-12)22-21(26)14(3)30-18(25)9-8-15-10-16(27-5)20(29-7)17(11-15)28-6/h8-11,14H,1-7H3,(H,22,26)/b9-8+/t14-/m1/s1. The van der Waals surface area contributed by atoms with Gasteiger partial charge in [-0.15, -0.1) is 0 Å². The third-order valence-electron chi connectivity index (χ3n) is 4.52. The third-order valence-corrected chi connectivity index (χ3v) is 4.52. The number of hydrogen-bond donors (Lipinski definition) is 1. The number of methoxy groups -OCH3 is 3. The Morgan fingerprint density at radius 3 is 2.17 bits per heavy atom. The van der Waals surface area contributed by atoms with Gasteiger partial charge in [0.1, 0.15) is 0 Å². The van der Waals surface area contributed by atoms with Crippen molar-refractivity contribution in [2.24, 2.45) is 7.05 Å². The maximum atomic E-state index is 12.4. The fourth-order valence-corrected chi connectivity index (χ4v) is 2.81. The van der Waals surface area contributed by atoms with Gasteiger partial charge >= 0.3 is 5.97 Å². The smallest absolute Gasteiger partial charge is 0.331 e. The summed E-state index contributed by atoms with van der Waals surface area (Å²) in [5.74, 6) is 0.264. The average Bonchev–Trinajstić information content (AvgIpc) is 2.96. The molecule has 0 radical (unpaired) electrons. The van der Waals surface area contributed by atoms with Gasteiger partial charge in [0.15, 0.2) is 17.6 Å². The Hall–Kier alpha value is -3.49. The highest BCUT2D eigenvalue weighted by molar-refractivity contribution is 5.97. The molecular weight excluding hydrogens is 390 g/mol. The zero-order valence-electron chi connectivity index (χ0n) is 18.2. The van der Waals surface area contributed by atoms with E-state index in [2.05, 4.69) is 10.4 Å². The molecule has 9 heteroatoms. The van der Waals surface area contributed by atoms with Crippen LogP contribution in [0.15, 0.2) is 18.2 Å². The number of carbonyl (C=O) groups is 2. The first-order chi connectivity index (χ1) is 14.2. The van der Waals surface area contributed by atoms with Gasteiger partial charge in [-0.25, -0.2) is 4.79 Å². The van der Waals surface area contributed by atoms with Crippen molar-refractivity contribution >= 4 is 23.6 Å². The molecule has 1 heterocycles. The predicted octanol–water partition coefficient (Wildman–Crippen LogP) is 2.65. The summed E-state index contributed by atoms with van der Waals surface area (Å²) in [7, 11) is 6.31. The van der Waals surface area contributed by atoms with Crippen LogP contribution in [0, 0.1) is 13.8 Å². The van der Waals surface area contributed by atoms with Crippen LogP contribution in [-0.4, -0.2) is 49.1 Å². The Bertz CT molecular complexity index is 939. The van der Waals surface area contributed by atoms with Crippen molar-refractivity contribution in [3.05, 3.63) is 35.2 Å². The molecule has 1 aromatic carbocycles. The van der Waals surface area contributed by atoms with Gasteiger partial charge in [0.05, 0.1) is 38.4 Å². The van der Waals surface area contributed by atoms with Crippen LogP contribution in [0.3, 0.4) is 0 Å². The summed E-state index contributed by atoms with van der Waals surface area (Å²) in [5, 5.41) is 6.99. The van der Waals surface area contributed by atoms with Crippen LogP contribution in [0.2, 0.25) is 0 Å². The van der Waals surface area contributed by atoms with E-state index >= 15 is 0 Å². The minimum atomic E-state index is -0.985. The van der Waals surface area contributed by atoms with Crippen LogP contribution < -0.4 is 19.5 Å². The Balaban J connectivity index is 2.05. The molecule has 0 saturated carbocycles. The van der Waals surface area contributed by atoms with Crippen molar-refractivity contribution in [2.75, 3.05) is 26.6 Å². The summed E-state index contributed by atoms with van der Waals surface area (Å²) < 4.78 is 22.7. The van der Waals surface area contributed by atoms with E-state index in [9.17, 15) is 9.59 Å². The van der Waals surface area contributed by atoms with Crippen molar-refractivity contribution in [2.45, 2.75) is 26.9 Å². The SMILES string of the molecule is COc1cc(/C=C/C(=O)O[C@H](C)C(=O)Nc2c(C)nn(C)c2C)cc(OC)c1OC. The molecule has 2 rings (SSSR count). The molecule has 0 aliphatic rings. The van der Waals surface area contributed by atoms with Crippen LogP contribution in [0.25, 0.3) is 6.08 Å². The highest BCUT2D eigenvalue weighted by Gasteiger charge is 2.20. The van der Waals surface area contributed by atoms with Gasteiger partial charge in [0.2, 0.25) is 5.75 Å². The van der Waals surface area contributed by atoms with Crippen molar-refractivity contribution < 1.29 is 28.5 Å². The minimum Gasteiger partial charge on any atom is -0.493 e. The lowest BCUT2D eigenvalue weighted by molar-refractivity contribution is -0.148. The fourth-order valence-electron chi connectivity index (χ4n) is 2.81. The molecule has 0 bridgehead atoms. The number of esters is 1. The summed E-state index contributed by atoms with van der Waals surface area (Å²) >= 11 is 0. The van der Waals surface area contributed by atoms with Gasteiger partial charge in [-0.2, -0.15) is 5.10 Å². The average molecular weight is 417 g/mol. The van der Waals surface area contributed by atoms with Gasteiger partial charge in [0.25, 0.3) is 5.91 Å². The van der Waals surface area contributed by atoms with Gasteiger partial charge in [-0.3, -0.25) is 9.48 Å². The molecular formula is C21H27N3O6. The van der Waals surface area contributed by atoms with E-state index in [0.29, 0.717) is 34.2 Å². The number of ether oxygens (including phenoxy) is 4. The quantitative estimate of drug-likeness (QED) is 0.520. The number of aromatic nitrogens is 2.